The largest absolute Gasteiger partial charge is 0.452 e. The average Bonchev–Trinajstić information content (AvgIpc) is 2.54. The zero-order valence-electron chi connectivity index (χ0n) is 15.2. The molecule has 1 N–H and O–H groups in total. The van der Waals surface area contributed by atoms with Crippen molar-refractivity contribution in [1.29, 1.82) is 0 Å². The lowest BCUT2D eigenvalue weighted by Crippen LogP contribution is -2.47. The molecule has 0 heterocycles. The molecule has 1 saturated carbocycles. The summed E-state index contributed by atoms with van der Waals surface area (Å²) in [5, 5.41) is 3.06. The summed E-state index contributed by atoms with van der Waals surface area (Å²) in [5.41, 5.74) is 2.05. The molecule has 0 aromatic heterocycles. The van der Waals surface area contributed by atoms with Crippen molar-refractivity contribution in [2.45, 2.75) is 65.5 Å². The van der Waals surface area contributed by atoms with E-state index < -0.39 is 6.10 Å². The van der Waals surface area contributed by atoms with Crippen molar-refractivity contribution in [2.24, 2.45) is 11.8 Å². The van der Waals surface area contributed by atoms with Crippen LogP contribution in [0.15, 0.2) is 24.3 Å². The molecule has 4 heteroatoms. The van der Waals surface area contributed by atoms with Crippen molar-refractivity contribution in [3.05, 3.63) is 35.4 Å². The van der Waals surface area contributed by atoms with Gasteiger partial charge in [0.25, 0.3) is 5.91 Å². The van der Waals surface area contributed by atoms with Crippen molar-refractivity contribution in [2.75, 3.05) is 0 Å². The summed E-state index contributed by atoms with van der Waals surface area (Å²) in [4.78, 5) is 24.3. The topological polar surface area (TPSA) is 55.4 Å². The maximum Gasteiger partial charge on any atom is 0.311 e. The molecule has 4 nitrogen and oxygen atoms in total. The van der Waals surface area contributed by atoms with E-state index in [1.54, 1.807) is 6.92 Å². The van der Waals surface area contributed by atoms with Crippen LogP contribution in [0.2, 0.25) is 0 Å². The second kappa shape index (κ2) is 8.32. The molecule has 24 heavy (non-hydrogen) atoms. The summed E-state index contributed by atoms with van der Waals surface area (Å²) < 4.78 is 5.30. The molecule has 0 spiro atoms. The molecule has 0 bridgehead atoms. The number of amides is 1. The zero-order valence-corrected chi connectivity index (χ0v) is 15.2. The Balaban J connectivity index is 1.82. The van der Waals surface area contributed by atoms with E-state index in [2.05, 4.69) is 19.2 Å². The van der Waals surface area contributed by atoms with Crippen LogP contribution in [-0.2, 0) is 20.7 Å². The van der Waals surface area contributed by atoms with Crippen LogP contribution in [0.5, 0.6) is 0 Å². The van der Waals surface area contributed by atoms with E-state index >= 15 is 0 Å². The number of hydrogen-bond acceptors (Lipinski definition) is 3. The van der Waals surface area contributed by atoms with Crippen LogP contribution in [-0.4, -0.2) is 24.0 Å². The molecule has 0 saturated heterocycles. The molecule has 0 radical (unpaired) electrons. The molecule has 0 unspecified atom stereocenters. The standard InChI is InChI=1S/C20H29NO3/c1-13-8-10-17(11-9-13)12-19(22)24-16(4)20(23)21-18-7-5-6-14(2)15(18)3/h8-11,14-16,18H,5-7,12H2,1-4H3,(H,21,23)/t14-,15-,16-,18+/m0/s1. The summed E-state index contributed by atoms with van der Waals surface area (Å²) in [6, 6.07) is 7.92. The summed E-state index contributed by atoms with van der Waals surface area (Å²) >= 11 is 0. The Hall–Kier alpha value is -1.84. The van der Waals surface area contributed by atoms with Crippen LogP contribution < -0.4 is 5.32 Å². The van der Waals surface area contributed by atoms with Crippen LogP contribution in [0.25, 0.3) is 0 Å². The molecular formula is C20H29NO3. The molecule has 1 fully saturated rings. The normalized spacial score (nSPS) is 24.9. The minimum Gasteiger partial charge on any atom is -0.452 e. The molecule has 1 aromatic carbocycles. The molecule has 1 amide bonds. The first-order valence-electron chi connectivity index (χ1n) is 8.92. The average molecular weight is 331 g/mol. The predicted octanol–water partition coefficient (Wildman–Crippen LogP) is 3.41. The van der Waals surface area contributed by atoms with Crippen molar-refractivity contribution < 1.29 is 14.3 Å². The third-order valence-electron chi connectivity index (χ3n) is 5.18. The first kappa shape index (κ1) is 18.5. The van der Waals surface area contributed by atoms with E-state index in [0.29, 0.717) is 11.8 Å². The van der Waals surface area contributed by atoms with E-state index in [9.17, 15) is 9.59 Å². The minimum absolute atomic E-state index is 0.180. The van der Waals surface area contributed by atoms with E-state index in [1.807, 2.05) is 31.2 Å². The number of hydrogen-bond donors (Lipinski definition) is 1. The van der Waals surface area contributed by atoms with E-state index in [4.69, 9.17) is 4.74 Å². The van der Waals surface area contributed by atoms with Gasteiger partial charge in [-0.1, -0.05) is 56.5 Å². The Kier molecular flexibility index (Phi) is 6.41. The number of rotatable bonds is 5. The third-order valence-corrected chi connectivity index (χ3v) is 5.18. The fourth-order valence-corrected chi connectivity index (χ4v) is 3.25. The maximum absolute atomic E-state index is 12.3. The van der Waals surface area contributed by atoms with E-state index in [1.165, 1.54) is 6.42 Å². The highest BCUT2D eigenvalue weighted by atomic mass is 16.5. The lowest BCUT2D eigenvalue weighted by molar-refractivity contribution is -0.154. The van der Waals surface area contributed by atoms with Gasteiger partial charge in [-0.15, -0.1) is 0 Å². The smallest absolute Gasteiger partial charge is 0.311 e. The van der Waals surface area contributed by atoms with Gasteiger partial charge in [0.15, 0.2) is 6.10 Å². The van der Waals surface area contributed by atoms with Gasteiger partial charge in [0.1, 0.15) is 0 Å². The molecule has 1 aliphatic rings. The maximum atomic E-state index is 12.3. The van der Waals surface area contributed by atoms with Crippen molar-refractivity contribution in [3.8, 4) is 0 Å². The lowest BCUT2D eigenvalue weighted by Gasteiger charge is -2.35. The van der Waals surface area contributed by atoms with Crippen LogP contribution in [0.4, 0.5) is 0 Å². The Morgan fingerprint density at radius 2 is 1.88 bits per heavy atom. The summed E-state index contributed by atoms with van der Waals surface area (Å²) in [5.74, 6) is 0.506. The van der Waals surface area contributed by atoms with Gasteiger partial charge in [0.05, 0.1) is 6.42 Å². The Morgan fingerprint density at radius 1 is 1.21 bits per heavy atom. The predicted molar refractivity (Wildman–Crippen MR) is 94.5 cm³/mol. The SMILES string of the molecule is Cc1ccc(CC(=O)O[C@@H](C)C(=O)N[C@@H]2CCC[C@H](C)[C@@H]2C)cc1. The van der Waals surface area contributed by atoms with Crippen LogP contribution >= 0.6 is 0 Å². The fourth-order valence-electron chi connectivity index (χ4n) is 3.25. The molecule has 0 aliphatic heterocycles. The fraction of sp³-hybridized carbons (Fsp3) is 0.600. The molecule has 2 rings (SSSR count). The van der Waals surface area contributed by atoms with Gasteiger partial charge in [-0.3, -0.25) is 9.59 Å². The van der Waals surface area contributed by atoms with Gasteiger partial charge >= 0.3 is 5.97 Å². The molecule has 4 atom stereocenters. The number of aryl methyl sites for hydroxylation is 1. The number of carbonyl (C=O) groups is 2. The number of benzene rings is 1. The van der Waals surface area contributed by atoms with Gasteiger partial charge < -0.3 is 10.1 Å². The highest BCUT2D eigenvalue weighted by Gasteiger charge is 2.30. The summed E-state index contributed by atoms with van der Waals surface area (Å²) in [6.07, 6.45) is 2.79. The third kappa shape index (κ3) is 5.08. The van der Waals surface area contributed by atoms with E-state index in [0.717, 1.165) is 24.0 Å². The highest BCUT2D eigenvalue weighted by molar-refractivity contribution is 5.84. The van der Waals surface area contributed by atoms with Crippen molar-refractivity contribution in [1.82, 2.24) is 5.32 Å². The van der Waals surface area contributed by atoms with Gasteiger partial charge in [0, 0.05) is 6.04 Å². The Bertz CT molecular complexity index is 567. The molecule has 1 aliphatic carbocycles. The number of carbonyl (C=O) groups excluding carboxylic acids is 2. The quantitative estimate of drug-likeness (QED) is 0.841. The van der Waals surface area contributed by atoms with Gasteiger partial charge in [-0.05, 0) is 37.7 Å². The highest BCUT2D eigenvalue weighted by Crippen LogP contribution is 2.29. The Labute approximate surface area is 145 Å². The summed E-state index contributed by atoms with van der Waals surface area (Å²) in [7, 11) is 0. The first-order chi connectivity index (χ1) is 11.4. The first-order valence-corrected chi connectivity index (χ1v) is 8.92. The van der Waals surface area contributed by atoms with Crippen LogP contribution in [0.3, 0.4) is 0 Å². The lowest BCUT2D eigenvalue weighted by atomic mass is 9.78. The van der Waals surface area contributed by atoms with Gasteiger partial charge in [0.2, 0.25) is 0 Å². The summed E-state index contributed by atoms with van der Waals surface area (Å²) in [6.45, 7) is 8.05. The molecular weight excluding hydrogens is 302 g/mol. The number of esters is 1. The van der Waals surface area contributed by atoms with Crippen molar-refractivity contribution in [3.63, 3.8) is 0 Å². The number of ether oxygens (including phenoxy) is 1. The molecule has 1 aromatic rings. The minimum atomic E-state index is -0.757. The van der Waals surface area contributed by atoms with Crippen LogP contribution in [0, 0.1) is 18.8 Å². The second-order valence-electron chi connectivity index (χ2n) is 7.18. The van der Waals surface area contributed by atoms with Gasteiger partial charge in [-0.25, -0.2) is 0 Å². The monoisotopic (exact) mass is 331 g/mol. The van der Waals surface area contributed by atoms with Crippen LogP contribution in [0.1, 0.15) is 51.2 Å². The second-order valence-corrected chi connectivity index (χ2v) is 7.18. The van der Waals surface area contributed by atoms with Gasteiger partial charge in [-0.2, -0.15) is 0 Å². The van der Waals surface area contributed by atoms with E-state index in [-0.39, 0.29) is 24.3 Å². The Morgan fingerprint density at radius 3 is 2.54 bits per heavy atom. The number of nitrogens with one attached hydrogen (secondary N) is 1. The zero-order chi connectivity index (χ0) is 17.7. The molecule has 132 valence electrons. The van der Waals surface area contributed by atoms with Crippen molar-refractivity contribution >= 4 is 11.9 Å².